The molecule has 0 radical (unpaired) electrons. The van der Waals surface area contributed by atoms with E-state index in [1.807, 2.05) is 13.8 Å². The second kappa shape index (κ2) is 14.6. The summed E-state index contributed by atoms with van der Waals surface area (Å²) >= 11 is 0. The summed E-state index contributed by atoms with van der Waals surface area (Å²) in [6, 6.07) is 9.14. The second-order valence-corrected chi connectivity index (χ2v) is 12.4. The SMILES string of the molecule is CCN(CCCS(=O)(=O)O)c1ccc(-c2c(O)[c+](-c3ccc(N(CC)CCCS(=O)(=O)O)cc3O)[c+]2O)c(O)c1.[OH-].[OH-]. The Morgan fingerprint density at radius 2 is 1.19 bits per heavy atom. The molecular weight excluding hydrogens is 596 g/mol. The molecule has 0 aliphatic heterocycles. The number of aromatic hydroxyl groups is 4. The largest absolute Gasteiger partial charge is 0.870 e. The maximum atomic E-state index is 11.0. The Morgan fingerprint density at radius 1 is 0.738 bits per heavy atom. The Morgan fingerprint density at radius 3 is 1.57 bits per heavy atom. The standard InChI is InChI=1S/C26H32N2O10S2.2H2O/c1-3-27(11-5-13-39(33,34)35)17-7-9-19(21(29)15-17)23-25(31)24(26(23)32)20-10-8-18(16-22(20)30)28(4-2)12-6-14-40(36,37)38;;/h7-10,15-16,31H,3-6,11-14H2,1-2H3,(H3-2,29,30,32,33,34,35,36,37,38);2*1H2. The number of hydrogen-bond acceptors (Lipinski definition) is 12. The number of nitrogens with zero attached hydrogens (tertiary/aromatic N) is 2. The van der Waals surface area contributed by atoms with Gasteiger partial charge in [0.2, 0.25) is 11.3 Å². The van der Waals surface area contributed by atoms with Gasteiger partial charge in [-0.15, -0.1) is 0 Å². The summed E-state index contributed by atoms with van der Waals surface area (Å²) in [6.07, 6.45) is 0.355. The van der Waals surface area contributed by atoms with E-state index in [1.54, 1.807) is 21.9 Å². The number of phenolic OH excluding ortho intramolecular Hbond substituents is 2. The lowest BCUT2D eigenvalue weighted by atomic mass is 9.88. The molecule has 0 heterocycles. The highest BCUT2D eigenvalue weighted by molar-refractivity contribution is 7.86. The average Bonchev–Trinajstić information content (AvgIpc) is 2.86. The van der Waals surface area contributed by atoms with Crippen molar-refractivity contribution >= 4 is 31.6 Å². The summed E-state index contributed by atoms with van der Waals surface area (Å²) in [6.45, 7) is 5.30. The molecule has 0 aromatic heterocycles. The molecule has 3 aromatic carbocycles. The van der Waals surface area contributed by atoms with Gasteiger partial charge in [-0.05, 0) is 38.8 Å². The van der Waals surface area contributed by atoms with Gasteiger partial charge in [-0.1, -0.05) is 0 Å². The van der Waals surface area contributed by atoms with E-state index in [1.165, 1.54) is 24.3 Å². The van der Waals surface area contributed by atoms with Crippen LogP contribution >= 0.6 is 0 Å². The maximum absolute atomic E-state index is 11.0. The number of hydrogen-bond donors (Lipinski definition) is 6. The smallest absolute Gasteiger partial charge is 0.290 e. The van der Waals surface area contributed by atoms with E-state index >= 15 is 0 Å². The molecule has 42 heavy (non-hydrogen) atoms. The molecule has 0 atom stereocenters. The van der Waals surface area contributed by atoms with Crippen LogP contribution in [0.25, 0.3) is 22.3 Å². The molecule has 0 aliphatic carbocycles. The van der Waals surface area contributed by atoms with E-state index in [0.717, 1.165) is 0 Å². The van der Waals surface area contributed by atoms with Crippen LogP contribution in [-0.4, -0.2) is 95.0 Å². The van der Waals surface area contributed by atoms with Gasteiger partial charge >= 0.3 is 0 Å². The van der Waals surface area contributed by atoms with Crippen LogP contribution in [0.4, 0.5) is 11.4 Å². The molecule has 0 fully saturated rings. The fraction of sp³-hybridized carbons (Fsp3) is 0.385. The van der Waals surface area contributed by atoms with E-state index < -0.39 is 31.7 Å². The summed E-state index contributed by atoms with van der Waals surface area (Å²) < 4.78 is 61.8. The highest BCUT2D eigenvalue weighted by atomic mass is 32.2. The van der Waals surface area contributed by atoms with Crippen molar-refractivity contribution in [3.63, 3.8) is 0 Å². The van der Waals surface area contributed by atoms with Crippen molar-refractivity contribution in [3.05, 3.63) is 36.4 Å². The lowest BCUT2D eigenvalue weighted by Crippen LogP contribution is -2.25. The summed E-state index contributed by atoms with van der Waals surface area (Å²) in [4.78, 5) is 3.60. The lowest BCUT2D eigenvalue weighted by Gasteiger charge is -2.23. The van der Waals surface area contributed by atoms with Crippen molar-refractivity contribution in [1.29, 1.82) is 0 Å². The average molecular weight is 633 g/mol. The van der Waals surface area contributed by atoms with Gasteiger partial charge in [0.05, 0.1) is 17.2 Å². The molecule has 16 heteroatoms. The molecule has 0 spiro atoms. The molecule has 0 unspecified atom stereocenters. The Kier molecular flexibility index (Phi) is 12.7. The number of phenols is 2. The summed E-state index contributed by atoms with van der Waals surface area (Å²) in [7, 11) is -8.17. The minimum atomic E-state index is -4.08. The predicted molar refractivity (Wildman–Crippen MR) is 157 cm³/mol. The van der Waals surface area contributed by atoms with Crippen molar-refractivity contribution in [2.45, 2.75) is 26.7 Å². The molecule has 0 saturated heterocycles. The third-order valence-electron chi connectivity index (χ3n) is 6.60. The maximum Gasteiger partial charge on any atom is 0.290 e. The van der Waals surface area contributed by atoms with E-state index in [4.69, 9.17) is 9.11 Å². The van der Waals surface area contributed by atoms with Gasteiger partial charge in [0, 0.05) is 56.1 Å². The van der Waals surface area contributed by atoms with Crippen LogP contribution in [-0.2, 0) is 20.2 Å². The Labute approximate surface area is 244 Å². The number of benzene rings is 2. The van der Waals surface area contributed by atoms with Crippen LogP contribution in [0, 0.1) is 0 Å². The van der Waals surface area contributed by atoms with Crippen molar-refractivity contribution in [3.8, 4) is 45.3 Å². The van der Waals surface area contributed by atoms with E-state index in [2.05, 4.69) is 0 Å². The van der Waals surface area contributed by atoms with Crippen LogP contribution in [0.15, 0.2) is 36.4 Å². The predicted octanol–water partition coefficient (Wildman–Crippen LogP) is 3.14. The second-order valence-electron chi connectivity index (χ2n) is 9.29. The molecule has 8 N–H and O–H groups in total. The van der Waals surface area contributed by atoms with Gasteiger partial charge in [0.25, 0.3) is 37.3 Å². The van der Waals surface area contributed by atoms with E-state index in [9.17, 15) is 37.3 Å². The third kappa shape index (κ3) is 8.73. The van der Waals surface area contributed by atoms with Gasteiger partial charge in [-0.25, -0.2) is 0 Å². The summed E-state index contributed by atoms with van der Waals surface area (Å²) in [5.74, 6) is -1.92. The molecule has 14 nitrogen and oxygen atoms in total. The first kappa shape index (κ1) is 36.5. The van der Waals surface area contributed by atoms with Gasteiger partial charge in [0.1, 0.15) is 5.56 Å². The van der Waals surface area contributed by atoms with Crippen LogP contribution in [0.5, 0.6) is 23.0 Å². The first-order chi connectivity index (χ1) is 18.7. The van der Waals surface area contributed by atoms with Crippen LogP contribution in [0.1, 0.15) is 26.7 Å². The van der Waals surface area contributed by atoms with Crippen LogP contribution < -0.4 is 9.80 Å². The van der Waals surface area contributed by atoms with Gasteiger partial charge < -0.3 is 41.2 Å². The van der Waals surface area contributed by atoms with Crippen LogP contribution in [0.3, 0.4) is 0 Å². The zero-order chi connectivity index (χ0) is 29.8. The fourth-order valence-corrected chi connectivity index (χ4v) is 5.58. The minimum Gasteiger partial charge on any atom is -0.870 e. The third-order valence-corrected chi connectivity index (χ3v) is 8.21. The molecule has 0 amide bonds. The quantitative estimate of drug-likeness (QED) is 0.110. The zero-order valence-electron chi connectivity index (χ0n) is 23.0. The topological polar surface area (TPSA) is 256 Å². The van der Waals surface area contributed by atoms with Gasteiger partial charge in [-0.2, -0.15) is 16.8 Å². The molecule has 0 bridgehead atoms. The van der Waals surface area contributed by atoms with Crippen LogP contribution in [0.2, 0.25) is 0 Å². The summed E-state index contributed by atoms with van der Waals surface area (Å²) in [5, 5.41) is 42.9. The van der Waals surface area contributed by atoms with Gasteiger partial charge in [-0.3, -0.25) is 9.11 Å². The summed E-state index contributed by atoms with van der Waals surface area (Å²) in [5.41, 5.74) is 1.46. The highest BCUT2D eigenvalue weighted by Gasteiger charge is 2.43. The minimum absolute atomic E-state index is 0. The van der Waals surface area contributed by atoms with E-state index in [-0.39, 0.29) is 69.0 Å². The molecule has 0 saturated carbocycles. The number of rotatable bonds is 14. The normalized spacial score (nSPS) is 11.5. The monoisotopic (exact) mass is 632 g/mol. The Balaban J connectivity index is 0.00000441. The zero-order valence-corrected chi connectivity index (χ0v) is 24.7. The molecule has 234 valence electrons. The molecule has 0 aliphatic rings. The van der Waals surface area contributed by atoms with Crippen molar-refractivity contribution < 1.29 is 57.3 Å². The molecular formula is C26H36N2O12S2. The van der Waals surface area contributed by atoms with Crippen molar-refractivity contribution in [2.24, 2.45) is 0 Å². The fourth-order valence-electron chi connectivity index (χ4n) is 4.59. The van der Waals surface area contributed by atoms with Gasteiger partial charge in [0.15, 0.2) is 11.3 Å². The number of anilines is 2. The van der Waals surface area contributed by atoms with Crippen molar-refractivity contribution in [2.75, 3.05) is 47.5 Å². The van der Waals surface area contributed by atoms with E-state index in [0.29, 0.717) is 37.6 Å². The first-order valence-corrected chi connectivity index (χ1v) is 15.8. The molecule has 3 rings (SSSR count). The Hall–Kier alpha value is -3.54. The highest BCUT2D eigenvalue weighted by Crippen LogP contribution is 2.58. The lowest BCUT2D eigenvalue weighted by molar-refractivity contribution is 0.430. The van der Waals surface area contributed by atoms with Crippen molar-refractivity contribution in [1.82, 2.24) is 0 Å². The molecule has 3 aromatic rings. The Bertz CT molecular complexity index is 1420. The first-order valence-electron chi connectivity index (χ1n) is 12.6.